The van der Waals surface area contributed by atoms with Crippen LogP contribution in [0.2, 0.25) is 0 Å². The number of methoxy groups -OCH3 is 1. The Labute approximate surface area is 78.8 Å². The van der Waals surface area contributed by atoms with E-state index in [0.717, 1.165) is 0 Å². The third-order valence-electron chi connectivity index (χ3n) is 1.48. The van der Waals surface area contributed by atoms with Crippen LogP contribution in [0, 0.1) is 5.92 Å². The van der Waals surface area contributed by atoms with Crippen LogP contribution in [0.15, 0.2) is 12.7 Å². The fourth-order valence-electron chi connectivity index (χ4n) is 0.406. The van der Waals surface area contributed by atoms with Crippen molar-refractivity contribution in [2.75, 3.05) is 7.11 Å². The number of hydrogen-bond acceptors (Lipinski definition) is 1. The van der Waals surface area contributed by atoms with E-state index in [2.05, 4.69) is 13.5 Å². The van der Waals surface area contributed by atoms with Gasteiger partial charge in [0.2, 0.25) is 0 Å². The molecule has 0 rings (SSSR count). The molecule has 0 aromatic rings. The van der Waals surface area contributed by atoms with Crippen LogP contribution in [-0.4, -0.2) is 13.2 Å². The third-order valence-corrected chi connectivity index (χ3v) is 1.48. The van der Waals surface area contributed by atoms with Crippen LogP contribution in [0.3, 0.4) is 0 Å². The molecule has 0 saturated carbocycles. The largest absolute Gasteiger partial charge is 0.381 e. The summed E-state index contributed by atoms with van der Waals surface area (Å²) >= 11 is 0. The molecular formula is C11H26O. The average molecular weight is 174 g/mol. The molecule has 1 nitrogen and oxygen atoms in total. The van der Waals surface area contributed by atoms with E-state index in [1.807, 2.05) is 40.7 Å². The summed E-state index contributed by atoms with van der Waals surface area (Å²) in [6, 6.07) is 0. The Morgan fingerprint density at radius 1 is 1.08 bits per heavy atom. The van der Waals surface area contributed by atoms with Crippen molar-refractivity contribution in [3.8, 4) is 0 Å². The second-order valence-electron chi connectivity index (χ2n) is 2.04. The molecule has 76 valence electrons. The summed E-state index contributed by atoms with van der Waals surface area (Å²) in [4.78, 5) is 0. The summed E-state index contributed by atoms with van der Waals surface area (Å²) in [5.41, 5.74) is 0. The highest BCUT2D eigenvalue weighted by Crippen LogP contribution is 2.04. The van der Waals surface area contributed by atoms with Gasteiger partial charge in [-0.2, -0.15) is 0 Å². The van der Waals surface area contributed by atoms with E-state index in [-0.39, 0.29) is 0 Å². The lowest BCUT2D eigenvalue weighted by Crippen LogP contribution is -2.13. The van der Waals surface area contributed by atoms with Crippen LogP contribution >= 0.6 is 0 Å². The van der Waals surface area contributed by atoms with Gasteiger partial charge in [0.05, 0.1) is 6.10 Å². The molecular weight excluding hydrogens is 148 g/mol. The first-order valence-corrected chi connectivity index (χ1v) is 4.87. The molecule has 0 radical (unpaired) electrons. The lowest BCUT2D eigenvalue weighted by atomic mass is 10.1. The second-order valence-corrected chi connectivity index (χ2v) is 2.04. The summed E-state index contributed by atoms with van der Waals surface area (Å²) in [7, 11) is 1.71. The van der Waals surface area contributed by atoms with Gasteiger partial charge in [0.25, 0.3) is 0 Å². The van der Waals surface area contributed by atoms with Gasteiger partial charge in [0.15, 0.2) is 0 Å². The fraction of sp³-hybridized carbons (Fsp3) is 0.818. The highest BCUT2D eigenvalue weighted by Gasteiger charge is 2.04. The SMILES string of the molecule is C=CC(C)C(C)OC.CC.CC. The van der Waals surface area contributed by atoms with Crippen molar-refractivity contribution in [2.24, 2.45) is 5.92 Å². The predicted molar refractivity (Wildman–Crippen MR) is 58.5 cm³/mol. The summed E-state index contributed by atoms with van der Waals surface area (Å²) < 4.78 is 5.03. The van der Waals surface area contributed by atoms with E-state index in [1.54, 1.807) is 7.11 Å². The highest BCUT2D eigenvalue weighted by molar-refractivity contribution is 4.79. The van der Waals surface area contributed by atoms with Crippen molar-refractivity contribution in [1.82, 2.24) is 0 Å². The van der Waals surface area contributed by atoms with Gasteiger partial charge in [0, 0.05) is 7.11 Å². The van der Waals surface area contributed by atoms with E-state index in [9.17, 15) is 0 Å². The average Bonchev–Trinajstić information content (AvgIpc) is 2.21. The molecule has 0 N–H and O–H groups in total. The lowest BCUT2D eigenvalue weighted by molar-refractivity contribution is 0.0900. The second kappa shape index (κ2) is 17.0. The monoisotopic (exact) mass is 174 g/mol. The highest BCUT2D eigenvalue weighted by atomic mass is 16.5. The summed E-state index contributed by atoms with van der Waals surface area (Å²) in [6.07, 6.45) is 2.20. The topological polar surface area (TPSA) is 9.23 Å². The van der Waals surface area contributed by atoms with Crippen molar-refractivity contribution in [1.29, 1.82) is 0 Å². The van der Waals surface area contributed by atoms with Gasteiger partial charge in [-0.3, -0.25) is 0 Å². The maximum atomic E-state index is 5.03. The minimum Gasteiger partial charge on any atom is -0.381 e. The summed E-state index contributed by atoms with van der Waals surface area (Å²) in [5.74, 6) is 0.458. The quantitative estimate of drug-likeness (QED) is 0.590. The normalized spacial score (nSPS) is 12.6. The standard InChI is InChI=1S/C7H14O.2C2H6/c1-5-6(2)7(3)8-4;2*1-2/h5-7H,1H2,2-4H3;2*1-2H3. The molecule has 0 saturated heterocycles. The van der Waals surface area contributed by atoms with Crippen molar-refractivity contribution in [2.45, 2.75) is 47.6 Å². The zero-order chi connectivity index (χ0) is 10.6. The minimum atomic E-state index is 0.299. The molecule has 0 aromatic heterocycles. The zero-order valence-electron chi connectivity index (χ0n) is 9.85. The van der Waals surface area contributed by atoms with Gasteiger partial charge in [-0.05, 0) is 12.8 Å². The van der Waals surface area contributed by atoms with Crippen LogP contribution in [0.4, 0.5) is 0 Å². The first-order chi connectivity index (χ1) is 5.72. The van der Waals surface area contributed by atoms with Gasteiger partial charge in [-0.15, -0.1) is 6.58 Å². The molecule has 2 atom stereocenters. The third kappa shape index (κ3) is 12.4. The van der Waals surface area contributed by atoms with Crippen molar-refractivity contribution in [3.05, 3.63) is 12.7 Å². The van der Waals surface area contributed by atoms with Gasteiger partial charge in [-0.1, -0.05) is 40.7 Å². The van der Waals surface area contributed by atoms with E-state index < -0.39 is 0 Å². The van der Waals surface area contributed by atoms with E-state index in [1.165, 1.54) is 0 Å². The first kappa shape index (κ1) is 17.7. The maximum absolute atomic E-state index is 5.03. The Hall–Kier alpha value is -0.300. The van der Waals surface area contributed by atoms with Gasteiger partial charge >= 0.3 is 0 Å². The van der Waals surface area contributed by atoms with Crippen molar-refractivity contribution >= 4 is 0 Å². The fourth-order valence-corrected chi connectivity index (χ4v) is 0.406. The Morgan fingerprint density at radius 2 is 1.42 bits per heavy atom. The van der Waals surface area contributed by atoms with Crippen molar-refractivity contribution in [3.63, 3.8) is 0 Å². The lowest BCUT2D eigenvalue weighted by Gasteiger charge is -2.12. The Morgan fingerprint density at radius 3 is 1.50 bits per heavy atom. The van der Waals surface area contributed by atoms with Crippen LogP contribution in [0.5, 0.6) is 0 Å². The van der Waals surface area contributed by atoms with Crippen LogP contribution in [0.1, 0.15) is 41.5 Å². The van der Waals surface area contributed by atoms with Crippen LogP contribution < -0.4 is 0 Å². The van der Waals surface area contributed by atoms with Crippen LogP contribution in [0.25, 0.3) is 0 Å². The first-order valence-electron chi connectivity index (χ1n) is 4.87. The Bertz CT molecular complexity index is 69.4. The number of rotatable bonds is 3. The number of ether oxygens (including phenoxy) is 1. The molecule has 0 aliphatic heterocycles. The Kier molecular flexibility index (Phi) is 25.0. The Balaban J connectivity index is -0.000000175. The summed E-state index contributed by atoms with van der Waals surface area (Å²) in [5, 5.41) is 0. The van der Waals surface area contributed by atoms with Gasteiger partial charge < -0.3 is 4.74 Å². The number of hydrogen-bond donors (Lipinski definition) is 0. The summed E-state index contributed by atoms with van der Waals surface area (Å²) in [6.45, 7) is 15.8. The molecule has 0 spiro atoms. The van der Waals surface area contributed by atoms with Gasteiger partial charge in [0.1, 0.15) is 0 Å². The minimum absolute atomic E-state index is 0.299. The molecule has 2 unspecified atom stereocenters. The molecule has 0 fully saturated rings. The van der Waals surface area contributed by atoms with Crippen LogP contribution in [-0.2, 0) is 4.74 Å². The van der Waals surface area contributed by atoms with Gasteiger partial charge in [-0.25, -0.2) is 0 Å². The molecule has 0 aromatic carbocycles. The molecule has 12 heavy (non-hydrogen) atoms. The molecule has 0 amide bonds. The smallest absolute Gasteiger partial charge is 0.0603 e. The predicted octanol–water partition coefficient (Wildman–Crippen LogP) is 3.90. The van der Waals surface area contributed by atoms with E-state index in [0.29, 0.717) is 12.0 Å². The van der Waals surface area contributed by atoms with E-state index >= 15 is 0 Å². The molecule has 0 aliphatic carbocycles. The molecule has 0 aliphatic rings. The molecule has 0 heterocycles. The maximum Gasteiger partial charge on any atom is 0.0603 e. The van der Waals surface area contributed by atoms with Crippen molar-refractivity contribution < 1.29 is 4.74 Å². The zero-order valence-corrected chi connectivity index (χ0v) is 9.85. The molecule has 1 heteroatoms. The van der Waals surface area contributed by atoms with E-state index in [4.69, 9.17) is 4.74 Å². The molecule has 0 bridgehead atoms.